The van der Waals surface area contributed by atoms with Gasteiger partial charge in [-0.2, -0.15) is 0 Å². The molecule has 192 valence electrons. The lowest BCUT2D eigenvalue weighted by molar-refractivity contribution is -0.144. The molecule has 0 aliphatic carbocycles. The van der Waals surface area contributed by atoms with Crippen molar-refractivity contribution in [2.75, 3.05) is 0 Å². The van der Waals surface area contributed by atoms with Crippen LogP contribution in [-0.2, 0) is 33.6 Å². The molecule has 0 heterocycles. The average molecular weight is 491 g/mol. The molecule has 5 atom stereocenters. The molecule has 0 rings (SSSR count). The number of amides is 4. The molecule has 0 bridgehead atoms. The van der Waals surface area contributed by atoms with Crippen LogP contribution in [0.15, 0.2) is 0 Å². The summed E-state index contributed by atoms with van der Waals surface area (Å²) in [6.07, 6.45) is -4.20. The summed E-state index contributed by atoms with van der Waals surface area (Å²) >= 11 is 0. The second-order valence-electron chi connectivity index (χ2n) is 7.32. The quantitative estimate of drug-likeness (QED) is 0.0993. The third-order valence-electron chi connectivity index (χ3n) is 4.41. The Kier molecular flexibility index (Phi) is 12.8. The number of carboxylic acid groups (broad SMARTS) is 3. The first-order valence-corrected chi connectivity index (χ1v) is 9.95. The summed E-state index contributed by atoms with van der Waals surface area (Å²) in [6.45, 7) is 1.20. The van der Waals surface area contributed by atoms with Crippen molar-refractivity contribution in [3.05, 3.63) is 0 Å². The number of primary amides is 1. The highest BCUT2D eigenvalue weighted by atomic mass is 16.4. The van der Waals surface area contributed by atoms with Gasteiger partial charge in [-0.1, -0.05) is 0 Å². The van der Waals surface area contributed by atoms with Gasteiger partial charge in [0.15, 0.2) is 0 Å². The van der Waals surface area contributed by atoms with Gasteiger partial charge in [-0.15, -0.1) is 0 Å². The van der Waals surface area contributed by atoms with Crippen LogP contribution in [-0.4, -0.2) is 92.2 Å². The summed E-state index contributed by atoms with van der Waals surface area (Å²) in [6, 6.07) is -6.50. The number of carbonyl (C=O) groups excluding carboxylic acids is 4. The Morgan fingerprint density at radius 1 is 0.735 bits per heavy atom. The first-order valence-electron chi connectivity index (χ1n) is 9.95. The molecule has 34 heavy (non-hydrogen) atoms. The zero-order valence-corrected chi connectivity index (χ0v) is 18.2. The van der Waals surface area contributed by atoms with Gasteiger partial charge in [0.05, 0.1) is 12.5 Å². The van der Waals surface area contributed by atoms with E-state index in [4.69, 9.17) is 21.7 Å². The van der Waals surface area contributed by atoms with Gasteiger partial charge in [0.2, 0.25) is 23.6 Å². The van der Waals surface area contributed by atoms with E-state index in [0.717, 1.165) is 0 Å². The molecule has 0 radical (unpaired) electrons. The number of carbonyl (C=O) groups is 7. The average Bonchev–Trinajstić information content (AvgIpc) is 2.71. The molecule has 0 fully saturated rings. The maximum Gasteiger partial charge on any atom is 0.326 e. The first kappa shape index (κ1) is 30.2. The van der Waals surface area contributed by atoms with Crippen molar-refractivity contribution >= 4 is 41.5 Å². The van der Waals surface area contributed by atoms with Crippen LogP contribution in [0.1, 0.15) is 39.0 Å². The Balaban J connectivity index is 5.59. The third kappa shape index (κ3) is 11.7. The summed E-state index contributed by atoms with van der Waals surface area (Å²) in [5, 5.41) is 42.6. The lowest BCUT2D eigenvalue weighted by Gasteiger charge is -2.24. The van der Waals surface area contributed by atoms with Gasteiger partial charge in [-0.25, -0.2) is 4.79 Å². The van der Waals surface area contributed by atoms with Crippen LogP contribution < -0.4 is 27.4 Å². The van der Waals surface area contributed by atoms with E-state index in [2.05, 4.69) is 5.32 Å². The van der Waals surface area contributed by atoms with E-state index in [-0.39, 0.29) is 0 Å². The fraction of sp³-hybridized carbons (Fsp3) is 0.611. The Morgan fingerprint density at radius 3 is 1.65 bits per heavy atom. The highest BCUT2D eigenvalue weighted by Gasteiger charge is 2.32. The van der Waals surface area contributed by atoms with Gasteiger partial charge in [0.25, 0.3) is 0 Å². The Bertz CT molecular complexity index is 801. The van der Waals surface area contributed by atoms with Crippen molar-refractivity contribution in [2.24, 2.45) is 11.5 Å². The van der Waals surface area contributed by atoms with E-state index < -0.39 is 104 Å². The van der Waals surface area contributed by atoms with Gasteiger partial charge in [-0.3, -0.25) is 28.8 Å². The summed E-state index contributed by atoms with van der Waals surface area (Å²) in [7, 11) is 0. The maximum atomic E-state index is 12.6. The van der Waals surface area contributed by atoms with Crippen molar-refractivity contribution < 1.29 is 54.0 Å². The van der Waals surface area contributed by atoms with E-state index in [1.807, 2.05) is 10.6 Å². The fourth-order valence-corrected chi connectivity index (χ4v) is 2.50. The fourth-order valence-electron chi connectivity index (χ4n) is 2.50. The number of rotatable bonds is 16. The van der Waals surface area contributed by atoms with Crippen molar-refractivity contribution in [1.82, 2.24) is 16.0 Å². The van der Waals surface area contributed by atoms with E-state index >= 15 is 0 Å². The minimum atomic E-state index is -1.82. The van der Waals surface area contributed by atoms with Crippen LogP contribution in [0.5, 0.6) is 0 Å². The predicted molar refractivity (Wildman–Crippen MR) is 111 cm³/mol. The van der Waals surface area contributed by atoms with Gasteiger partial charge in [0, 0.05) is 12.8 Å². The van der Waals surface area contributed by atoms with Crippen LogP contribution in [0.25, 0.3) is 0 Å². The molecule has 0 aliphatic rings. The van der Waals surface area contributed by atoms with Crippen molar-refractivity contribution in [3.63, 3.8) is 0 Å². The van der Waals surface area contributed by atoms with Crippen LogP contribution in [0, 0.1) is 0 Å². The molecular weight excluding hydrogens is 462 g/mol. The van der Waals surface area contributed by atoms with Crippen LogP contribution in [0.2, 0.25) is 0 Å². The summed E-state index contributed by atoms with van der Waals surface area (Å²) < 4.78 is 0. The van der Waals surface area contributed by atoms with Gasteiger partial charge < -0.3 is 47.8 Å². The summed E-state index contributed by atoms with van der Waals surface area (Å²) in [5.41, 5.74) is 10.4. The molecule has 0 spiro atoms. The zero-order valence-electron chi connectivity index (χ0n) is 18.2. The lowest BCUT2D eigenvalue weighted by atomic mass is 10.1. The van der Waals surface area contributed by atoms with Gasteiger partial charge in [0.1, 0.15) is 24.2 Å². The topological polar surface area (TPSA) is 289 Å². The lowest BCUT2D eigenvalue weighted by Crippen LogP contribution is -2.58. The normalized spacial score (nSPS) is 15.0. The molecule has 0 aliphatic heterocycles. The van der Waals surface area contributed by atoms with E-state index in [1.54, 1.807) is 0 Å². The van der Waals surface area contributed by atoms with E-state index in [9.17, 15) is 43.8 Å². The molecule has 0 saturated heterocycles. The molecule has 16 nitrogen and oxygen atoms in total. The van der Waals surface area contributed by atoms with E-state index in [1.165, 1.54) is 6.92 Å². The molecule has 0 aromatic carbocycles. The number of aliphatic carboxylic acids is 3. The smallest absolute Gasteiger partial charge is 0.326 e. The third-order valence-corrected chi connectivity index (χ3v) is 4.41. The standard InChI is InChI=1S/C18H29N5O11/c1-7(24)14(20)17(32)21-8(3-5-12(26)27)15(30)23-10(6-13(28)29)16(31)22-9(18(33)34)2-4-11(19)25/h7-10,14,24H,2-6,20H2,1H3,(H2,19,25)(H,21,32)(H,22,31)(H,23,30)(H,26,27)(H,28,29)(H,33,34). The number of hydrogen-bond donors (Lipinski definition) is 9. The number of nitrogens with two attached hydrogens (primary N) is 2. The molecule has 16 heteroatoms. The Labute approximate surface area is 193 Å². The second kappa shape index (κ2) is 14.4. The summed E-state index contributed by atoms with van der Waals surface area (Å²) in [5.74, 6) is -8.67. The van der Waals surface area contributed by atoms with Crippen molar-refractivity contribution in [3.8, 4) is 0 Å². The molecule has 0 aromatic heterocycles. The number of aliphatic hydroxyl groups is 1. The molecule has 0 aromatic rings. The number of hydrogen-bond acceptors (Lipinski definition) is 9. The molecule has 5 unspecified atom stereocenters. The largest absolute Gasteiger partial charge is 0.481 e. The molecule has 4 amide bonds. The summed E-state index contributed by atoms with van der Waals surface area (Å²) in [4.78, 5) is 81.4. The second-order valence-corrected chi connectivity index (χ2v) is 7.32. The first-order chi connectivity index (χ1) is 15.6. The monoisotopic (exact) mass is 491 g/mol. The zero-order chi connectivity index (χ0) is 26.6. The van der Waals surface area contributed by atoms with Gasteiger partial charge in [-0.05, 0) is 19.8 Å². The van der Waals surface area contributed by atoms with Crippen molar-refractivity contribution in [2.45, 2.75) is 69.3 Å². The minimum absolute atomic E-state index is 0.403. The van der Waals surface area contributed by atoms with E-state index in [0.29, 0.717) is 0 Å². The number of nitrogens with one attached hydrogen (secondary N) is 3. The van der Waals surface area contributed by atoms with Crippen LogP contribution in [0.4, 0.5) is 0 Å². The predicted octanol–water partition coefficient (Wildman–Crippen LogP) is -4.16. The van der Waals surface area contributed by atoms with Crippen LogP contribution >= 0.6 is 0 Å². The van der Waals surface area contributed by atoms with Gasteiger partial charge >= 0.3 is 17.9 Å². The van der Waals surface area contributed by atoms with Crippen LogP contribution in [0.3, 0.4) is 0 Å². The Hall–Kier alpha value is -3.79. The minimum Gasteiger partial charge on any atom is -0.481 e. The highest BCUT2D eigenvalue weighted by molar-refractivity contribution is 5.95. The number of carboxylic acids is 3. The molecular formula is C18H29N5O11. The van der Waals surface area contributed by atoms with Crippen molar-refractivity contribution in [1.29, 1.82) is 0 Å². The maximum absolute atomic E-state index is 12.6. The molecule has 11 N–H and O–H groups in total. The highest BCUT2D eigenvalue weighted by Crippen LogP contribution is 2.04. The SMILES string of the molecule is CC(O)C(N)C(=O)NC(CCC(=O)O)C(=O)NC(CC(=O)O)C(=O)NC(CCC(N)=O)C(=O)O. The number of aliphatic hydroxyl groups excluding tert-OH is 1. The Morgan fingerprint density at radius 2 is 1.21 bits per heavy atom. The molecule has 0 saturated carbocycles.